The maximum absolute atomic E-state index is 12.2. The SMILES string of the molecule is COc1cc(/C=C/C(=O)NCCCN2CCN(c3ncccn3)CC2)cc(OC)c1OC. The number of hydrogen-bond donors (Lipinski definition) is 1. The van der Waals surface area contributed by atoms with E-state index in [1.54, 1.807) is 51.9 Å². The van der Waals surface area contributed by atoms with Crippen LogP contribution in [0.3, 0.4) is 0 Å². The van der Waals surface area contributed by atoms with Crippen LogP contribution in [0.25, 0.3) is 6.08 Å². The van der Waals surface area contributed by atoms with Crippen molar-refractivity contribution in [3.05, 3.63) is 42.2 Å². The number of carbonyl (C=O) groups is 1. The Kier molecular flexibility index (Phi) is 8.68. The Morgan fingerprint density at radius 3 is 2.28 bits per heavy atom. The van der Waals surface area contributed by atoms with Gasteiger partial charge in [-0.3, -0.25) is 9.69 Å². The van der Waals surface area contributed by atoms with Gasteiger partial charge in [-0.05, 0) is 42.8 Å². The van der Waals surface area contributed by atoms with Crippen molar-refractivity contribution >= 4 is 17.9 Å². The zero-order valence-corrected chi connectivity index (χ0v) is 18.9. The summed E-state index contributed by atoms with van der Waals surface area (Å²) in [5.41, 5.74) is 0.787. The van der Waals surface area contributed by atoms with Crippen molar-refractivity contribution in [1.29, 1.82) is 0 Å². The minimum atomic E-state index is -0.134. The first kappa shape index (κ1) is 23.3. The molecule has 1 aromatic carbocycles. The standard InChI is InChI=1S/C23H31N5O4/c1-30-19-16-18(17-20(31-2)22(19)32-3)6-7-21(29)24-10-5-11-27-12-14-28(15-13-27)23-25-8-4-9-26-23/h4,6-9,16-17H,5,10-15H2,1-3H3,(H,24,29)/b7-6+. The molecule has 1 amide bonds. The average Bonchev–Trinajstić information content (AvgIpc) is 2.85. The molecule has 0 atom stereocenters. The van der Waals surface area contributed by atoms with Crippen LogP contribution in [0.1, 0.15) is 12.0 Å². The van der Waals surface area contributed by atoms with Crippen LogP contribution in [-0.2, 0) is 4.79 Å². The van der Waals surface area contributed by atoms with Crippen molar-refractivity contribution < 1.29 is 19.0 Å². The second-order valence-electron chi connectivity index (χ2n) is 7.31. The van der Waals surface area contributed by atoms with E-state index in [1.165, 1.54) is 6.08 Å². The van der Waals surface area contributed by atoms with E-state index < -0.39 is 0 Å². The number of piperazine rings is 1. The van der Waals surface area contributed by atoms with Gasteiger partial charge >= 0.3 is 0 Å². The number of aromatic nitrogens is 2. The van der Waals surface area contributed by atoms with E-state index in [0.717, 1.165) is 50.7 Å². The molecule has 32 heavy (non-hydrogen) atoms. The molecule has 1 fully saturated rings. The molecule has 1 aliphatic rings. The fourth-order valence-electron chi connectivity index (χ4n) is 3.57. The summed E-state index contributed by atoms with van der Waals surface area (Å²) in [6, 6.07) is 5.42. The zero-order valence-electron chi connectivity index (χ0n) is 18.9. The number of ether oxygens (including phenoxy) is 3. The lowest BCUT2D eigenvalue weighted by atomic mass is 10.1. The molecule has 9 heteroatoms. The number of amides is 1. The van der Waals surface area contributed by atoms with Crippen molar-refractivity contribution in [1.82, 2.24) is 20.2 Å². The molecular weight excluding hydrogens is 410 g/mol. The van der Waals surface area contributed by atoms with Crippen molar-refractivity contribution in [3.63, 3.8) is 0 Å². The molecule has 2 aromatic rings. The molecule has 9 nitrogen and oxygen atoms in total. The van der Waals surface area contributed by atoms with Crippen molar-refractivity contribution in [2.45, 2.75) is 6.42 Å². The first-order chi connectivity index (χ1) is 15.6. The van der Waals surface area contributed by atoms with E-state index in [1.807, 2.05) is 6.07 Å². The maximum atomic E-state index is 12.2. The van der Waals surface area contributed by atoms with E-state index in [2.05, 4.69) is 25.1 Å². The van der Waals surface area contributed by atoms with Gasteiger partial charge in [0.05, 0.1) is 21.3 Å². The summed E-state index contributed by atoms with van der Waals surface area (Å²) in [7, 11) is 4.68. The summed E-state index contributed by atoms with van der Waals surface area (Å²) in [5, 5.41) is 2.94. The quantitative estimate of drug-likeness (QED) is 0.441. The minimum Gasteiger partial charge on any atom is -0.493 e. The molecule has 0 spiro atoms. The Hall–Kier alpha value is -3.33. The summed E-state index contributed by atoms with van der Waals surface area (Å²) < 4.78 is 16.0. The van der Waals surface area contributed by atoms with E-state index >= 15 is 0 Å². The van der Waals surface area contributed by atoms with Crippen LogP contribution in [0.5, 0.6) is 17.2 Å². The Morgan fingerprint density at radius 1 is 1.03 bits per heavy atom. The highest BCUT2D eigenvalue weighted by molar-refractivity contribution is 5.91. The van der Waals surface area contributed by atoms with Crippen LogP contribution in [0, 0.1) is 0 Å². The molecular formula is C23H31N5O4. The first-order valence-electron chi connectivity index (χ1n) is 10.6. The Balaban J connectivity index is 1.39. The number of anilines is 1. The van der Waals surface area contributed by atoms with Crippen LogP contribution in [0.2, 0.25) is 0 Å². The molecule has 1 aromatic heterocycles. The van der Waals surface area contributed by atoms with Gasteiger partial charge in [-0.1, -0.05) is 0 Å². The first-order valence-corrected chi connectivity index (χ1v) is 10.6. The molecule has 0 saturated carbocycles. The highest BCUT2D eigenvalue weighted by Crippen LogP contribution is 2.38. The number of carbonyl (C=O) groups excluding carboxylic acids is 1. The van der Waals surface area contributed by atoms with Gasteiger partial charge in [0.1, 0.15) is 0 Å². The van der Waals surface area contributed by atoms with Crippen LogP contribution >= 0.6 is 0 Å². The topological polar surface area (TPSA) is 89.1 Å². The van der Waals surface area contributed by atoms with Gasteiger partial charge in [0, 0.05) is 51.2 Å². The lowest BCUT2D eigenvalue weighted by Crippen LogP contribution is -2.47. The third-order valence-electron chi connectivity index (χ3n) is 5.27. The zero-order chi connectivity index (χ0) is 22.8. The molecule has 0 unspecified atom stereocenters. The fourth-order valence-corrected chi connectivity index (χ4v) is 3.57. The highest BCUT2D eigenvalue weighted by Gasteiger charge is 2.18. The number of rotatable bonds is 10. The minimum absolute atomic E-state index is 0.134. The average molecular weight is 442 g/mol. The third-order valence-corrected chi connectivity index (χ3v) is 5.27. The van der Waals surface area contributed by atoms with E-state index in [0.29, 0.717) is 23.8 Å². The molecule has 172 valence electrons. The highest BCUT2D eigenvalue weighted by atomic mass is 16.5. The van der Waals surface area contributed by atoms with Gasteiger partial charge in [0.15, 0.2) is 11.5 Å². The largest absolute Gasteiger partial charge is 0.493 e. The molecule has 1 N–H and O–H groups in total. The molecule has 1 aliphatic heterocycles. The van der Waals surface area contributed by atoms with E-state index in [-0.39, 0.29) is 5.91 Å². The van der Waals surface area contributed by atoms with Crippen LogP contribution in [0.15, 0.2) is 36.7 Å². The number of nitrogens with one attached hydrogen (secondary N) is 1. The number of hydrogen-bond acceptors (Lipinski definition) is 8. The number of benzene rings is 1. The van der Waals surface area contributed by atoms with Gasteiger partial charge < -0.3 is 24.4 Å². The third kappa shape index (κ3) is 6.34. The molecule has 1 saturated heterocycles. The van der Waals surface area contributed by atoms with Crippen molar-refractivity contribution in [2.24, 2.45) is 0 Å². The second-order valence-corrected chi connectivity index (χ2v) is 7.31. The Bertz CT molecular complexity index is 874. The molecule has 3 rings (SSSR count). The predicted octanol–water partition coefficient (Wildman–Crippen LogP) is 1.84. The lowest BCUT2D eigenvalue weighted by molar-refractivity contribution is -0.116. The van der Waals surface area contributed by atoms with Crippen molar-refractivity contribution in [2.75, 3.05) is 65.5 Å². The number of nitrogens with zero attached hydrogens (tertiary/aromatic N) is 4. The molecule has 0 aliphatic carbocycles. The normalized spacial score (nSPS) is 14.4. The maximum Gasteiger partial charge on any atom is 0.243 e. The summed E-state index contributed by atoms with van der Waals surface area (Å²) in [4.78, 5) is 25.4. The summed E-state index contributed by atoms with van der Waals surface area (Å²) in [6.07, 6.45) is 7.68. The van der Waals surface area contributed by atoms with E-state index in [9.17, 15) is 4.79 Å². The second kappa shape index (κ2) is 11.9. The van der Waals surface area contributed by atoms with Crippen LogP contribution < -0.4 is 24.4 Å². The summed E-state index contributed by atoms with van der Waals surface area (Å²) in [6.45, 7) is 5.32. The van der Waals surface area contributed by atoms with Gasteiger partial charge in [-0.15, -0.1) is 0 Å². The summed E-state index contributed by atoms with van der Waals surface area (Å²) >= 11 is 0. The predicted molar refractivity (Wildman–Crippen MR) is 123 cm³/mol. The Labute approximate surface area is 189 Å². The van der Waals surface area contributed by atoms with Gasteiger partial charge in [0.25, 0.3) is 0 Å². The molecule has 2 heterocycles. The summed E-state index contributed by atoms with van der Waals surface area (Å²) in [5.74, 6) is 2.27. The number of methoxy groups -OCH3 is 3. The monoisotopic (exact) mass is 441 g/mol. The smallest absolute Gasteiger partial charge is 0.243 e. The Morgan fingerprint density at radius 2 is 1.69 bits per heavy atom. The van der Waals surface area contributed by atoms with Crippen molar-refractivity contribution in [3.8, 4) is 17.2 Å². The molecule has 0 radical (unpaired) electrons. The van der Waals surface area contributed by atoms with Gasteiger partial charge in [-0.25, -0.2) is 9.97 Å². The van der Waals surface area contributed by atoms with Crippen LogP contribution in [-0.4, -0.2) is 81.4 Å². The molecule has 0 bridgehead atoms. The van der Waals surface area contributed by atoms with Crippen LogP contribution in [0.4, 0.5) is 5.95 Å². The van der Waals surface area contributed by atoms with E-state index in [4.69, 9.17) is 14.2 Å². The lowest BCUT2D eigenvalue weighted by Gasteiger charge is -2.34. The fraction of sp³-hybridized carbons (Fsp3) is 0.435. The van der Waals surface area contributed by atoms with Gasteiger partial charge in [0.2, 0.25) is 17.6 Å². The van der Waals surface area contributed by atoms with Gasteiger partial charge in [-0.2, -0.15) is 0 Å².